The topological polar surface area (TPSA) is 121 Å². The minimum Gasteiger partial charge on any atom is -0.481 e. The van der Waals surface area contributed by atoms with Crippen molar-refractivity contribution in [2.45, 2.75) is 76.3 Å². The van der Waals surface area contributed by atoms with E-state index in [1.807, 2.05) is 32.0 Å². The third-order valence-electron chi connectivity index (χ3n) is 8.87. The monoisotopic (exact) mass is 624 g/mol. The number of alkyl halides is 2. The van der Waals surface area contributed by atoms with Crippen molar-refractivity contribution in [3.8, 4) is 0 Å². The van der Waals surface area contributed by atoms with Crippen LogP contribution in [0.4, 0.5) is 14.6 Å². The summed E-state index contributed by atoms with van der Waals surface area (Å²) in [6.45, 7) is 6.62. The van der Waals surface area contributed by atoms with Gasteiger partial charge in [0.1, 0.15) is 10.7 Å². The molecule has 4 aromatic rings. The number of nitrogens with zero attached hydrogens (tertiary/aromatic N) is 6. The number of hydrogen-bond donors (Lipinski definition) is 1. The highest BCUT2D eigenvalue weighted by Crippen LogP contribution is 2.38. The molecule has 0 unspecified atom stereocenters. The molecule has 232 valence electrons. The van der Waals surface area contributed by atoms with E-state index in [9.17, 15) is 27.1 Å². The fraction of sp³-hybridized carbons (Fsp3) is 0.419. The van der Waals surface area contributed by atoms with Gasteiger partial charge < -0.3 is 10.0 Å². The van der Waals surface area contributed by atoms with Crippen LogP contribution in [0.1, 0.15) is 77.2 Å². The number of sulfonamides is 1. The summed E-state index contributed by atoms with van der Waals surface area (Å²) in [5.41, 5.74) is 4.48. The van der Waals surface area contributed by atoms with Gasteiger partial charge in [-0.05, 0) is 85.5 Å². The number of pyridine rings is 2. The summed E-state index contributed by atoms with van der Waals surface area (Å²) < 4.78 is 58.0. The second-order valence-electron chi connectivity index (χ2n) is 11.8. The van der Waals surface area contributed by atoms with E-state index in [4.69, 9.17) is 0 Å². The first-order chi connectivity index (χ1) is 21.0. The van der Waals surface area contributed by atoms with Gasteiger partial charge in [0.2, 0.25) is 15.8 Å². The molecule has 6 rings (SSSR count). The first kappa shape index (κ1) is 30.1. The van der Waals surface area contributed by atoms with Gasteiger partial charge >= 0.3 is 5.97 Å². The van der Waals surface area contributed by atoms with E-state index in [0.29, 0.717) is 29.1 Å². The Morgan fingerprint density at radius 3 is 2.66 bits per heavy atom. The first-order valence-electron chi connectivity index (χ1n) is 14.6. The summed E-state index contributed by atoms with van der Waals surface area (Å²) in [7, 11) is -3.90. The number of carboxylic acids is 1. The Morgan fingerprint density at radius 2 is 1.91 bits per heavy atom. The van der Waals surface area contributed by atoms with Crippen LogP contribution in [0.3, 0.4) is 0 Å². The molecule has 1 saturated heterocycles. The van der Waals surface area contributed by atoms with E-state index >= 15 is 0 Å². The number of carboxylic acid groups (broad SMARTS) is 1. The van der Waals surface area contributed by atoms with Crippen LogP contribution in [0.15, 0.2) is 47.6 Å². The molecule has 1 fully saturated rings. The van der Waals surface area contributed by atoms with Crippen molar-refractivity contribution in [1.29, 1.82) is 0 Å². The summed E-state index contributed by atoms with van der Waals surface area (Å²) >= 11 is 0. The molecule has 2 aliphatic rings. The molecule has 0 bridgehead atoms. The predicted molar refractivity (Wildman–Crippen MR) is 160 cm³/mol. The van der Waals surface area contributed by atoms with Crippen LogP contribution in [0.2, 0.25) is 0 Å². The number of carbonyl (C=O) groups is 1. The Labute approximate surface area is 254 Å². The van der Waals surface area contributed by atoms with E-state index in [2.05, 4.69) is 20.1 Å². The summed E-state index contributed by atoms with van der Waals surface area (Å²) in [4.78, 5) is 19.0. The van der Waals surface area contributed by atoms with Crippen molar-refractivity contribution in [3.63, 3.8) is 0 Å². The second-order valence-corrected chi connectivity index (χ2v) is 13.7. The molecular formula is C31H34F2N6O4S. The number of piperidine rings is 1. The van der Waals surface area contributed by atoms with Crippen molar-refractivity contribution in [1.82, 2.24) is 23.9 Å². The number of anilines is 1. The van der Waals surface area contributed by atoms with Crippen LogP contribution in [-0.2, 0) is 21.4 Å². The van der Waals surface area contributed by atoms with Crippen molar-refractivity contribution >= 4 is 27.5 Å². The maximum atomic E-state index is 14.2. The Morgan fingerprint density at radius 1 is 1.11 bits per heavy atom. The molecule has 0 radical (unpaired) electrons. The van der Waals surface area contributed by atoms with Gasteiger partial charge in [-0.2, -0.15) is 4.31 Å². The van der Waals surface area contributed by atoms with E-state index < -0.39 is 34.2 Å². The minimum absolute atomic E-state index is 0.00566. The summed E-state index contributed by atoms with van der Waals surface area (Å²) in [6.07, 6.45) is 2.92. The van der Waals surface area contributed by atoms with Gasteiger partial charge in [-0.3, -0.25) is 9.20 Å². The van der Waals surface area contributed by atoms with Gasteiger partial charge in [0, 0.05) is 44.0 Å². The largest absolute Gasteiger partial charge is 0.481 e. The Hall–Kier alpha value is -3.97. The molecule has 10 nitrogen and oxygen atoms in total. The zero-order chi connectivity index (χ0) is 31.3. The highest BCUT2D eigenvalue weighted by molar-refractivity contribution is 7.89. The zero-order valence-corrected chi connectivity index (χ0v) is 25.6. The number of aromatic nitrogens is 4. The van der Waals surface area contributed by atoms with Crippen LogP contribution in [0.5, 0.6) is 0 Å². The van der Waals surface area contributed by atoms with Crippen LogP contribution in [0, 0.1) is 20.8 Å². The average molecular weight is 625 g/mol. The molecule has 0 saturated carbocycles. The van der Waals surface area contributed by atoms with E-state index in [0.717, 1.165) is 42.5 Å². The molecule has 1 N–H and O–H groups in total. The Kier molecular flexibility index (Phi) is 7.87. The second kappa shape index (κ2) is 11.5. The normalized spacial score (nSPS) is 19.0. The van der Waals surface area contributed by atoms with Crippen molar-refractivity contribution in [2.24, 2.45) is 0 Å². The molecule has 44 heavy (non-hydrogen) atoms. The number of hydrogen-bond acceptors (Lipinski definition) is 7. The lowest BCUT2D eigenvalue weighted by Gasteiger charge is -2.36. The summed E-state index contributed by atoms with van der Waals surface area (Å²) in [5, 5.41) is 17.4. The van der Waals surface area contributed by atoms with E-state index in [-0.39, 0.29) is 29.6 Å². The predicted octanol–water partition coefficient (Wildman–Crippen LogP) is 5.16. The molecule has 2 atom stereocenters. The number of benzene rings is 1. The number of aliphatic carboxylic acids is 1. The molecule has 0 amide bonds. The van der Waals surface area contributed by atoms with Gasteiger partial charge in [-0.1, -0.05) is 18.2 Å². The number of fused-ring (bicyclic) bond motifs is 4. The molecule has 0 spiro atoms. The maximum absolute atomic E-state index is 14.2. The van der Waals surface area contributed by atoms with E-state index in [1.54, 1.807) is 25.3 Å². The SMILES string of the molecule is Cc1cnc2c(c1)S(=O)(=O)N(Cc1cc([C@@H](CC(=O)O)c3ccn4c(C(F)F)nnc4c3C)ccc1C)C[C@H]1CCCCN21. The number of aryl methyl sites for hydroxylation is 3. The molecule has 2 aliphatic heterocycles. The minimum atomic E-state index is -3.90. The first-order valence-corrected chi connectivity index (χ1v) is 16.1. The Bertz CT molecular complexity index is 1860. The van der Waals surface area contributed by atoms with Gasteiger partial charge in [0.15, 0.2) is 5.65 Å². The quantitative estimate of drug-likeness (QED) is 0.300. The van der Waals surface area contributed by atoms with Gasteiger partial charge in [-0.25, -0.2) is 22.2 Å². The van der Waals surface area contributed by atoms with Crippen LogP contribution >= 0.6 is 0 Å². The standard InChI is InChI=1S/C31H34F2N6O4S/c1-18-12-26-30(34-15-18)38-10-5-4-6-23(38)17-37(44(26,42)43)16-22-13-21(8-7-19(22)2)25(14-27(40)41)24-9-11-39-29(20(24)3)35-36-31(39)28(32)33/h7-9,11-13,15,23,25,28H,4-6,10,14,16-17H2,1-3H3,(H,40,41)/t23-,25-/m1/s1. The average Bonchev–Trinajstić information content (AvgIpc) is 3.40. The maximum Gasteiger partial charge on any atom is 0.304 e. The third-order valence-corrected chi connectivity index (χ3v) is 10.7. The molecule has 0 aliphatic carbocycles. The molecular weight excluding hydrogens is 590 g/mol. The molecule has 3 aromatic heterocycles. The zero-order valence-electron chi connectivity index (χ0n) is 24.7. The van der Waals surface area contributed by atoms with Crippen molar-refractivity contribution < 1.29 is 27.1 Å². The third kappa shape index (κ3) is 5.32. The lowest BCUT2D eigenvalue weighted by Crippen LogP contribution is -2.45. The Balaban J connectivity index is 1.40. The van der Waals surface area contributed by atoms with Gasteiger partial charge in [0.25, 0.3) is 6.43 Å². The van der Waals surface area contributed by atoms with Crippen LogP contribution in [0.25, 0.3) is 5.65 Å². The highest BCUT2D eigenvalue weighted by Gasteiger charge is 2.39. The molecule has 1 aromatic carbocycles. The number of halogens is 2. The van der Waals surface area contributed by atoms with Crippen molar-refractivity contribution in [3.05, 3.63) is 81.9 Å². The lowest BCUT2D eigenvalue weighted by atomic mass is 9.85. The highest BCUT2D eigenvalue weighted by atomic mass is 32.2. The molecule has 13 heteroatoms. The smallest absolute Gasteiger partial charge is 0.304 e. The van der Waals surface area contributed by atoms with Gasteiger partial charge in [-0.15, -0.1) is 10.2 Å². The fourth-order valence-corrected chi connectivity index (χ4v) is 8.21. The summed E-state index contributed by atoms with van der Waals surface area (Å²) in [5.74, 6) is -1.64. The molecule has 5 heterocycles. The fourth-order valence-electron chi connectivity index (χ4n) is 6.52. The van der Waals surface area contributed by atoms with E-state index in [1.165, 1.54) is 14.9 Å². The van der Waals surface area contributed by atoms with Gasteiger partial charge in [0.05, 0.1) is 6.42 Å². The lowest BCUT2D eigenvalue weighted by molar-refractivity contribution is -0.137. The number of rotatable bonds is 7. The van der Waals surface area contributed by atoms with Crippen molar-refractivity contribution in [2.75, 3.05) is 18.0 Å². The van der Waals surface area contributed by atoms with Crippen LogP contribution < -0.4 is 4.90 Å². The summed E-state index contributed by atoms with van der Waals surface area (Å²) in [6, 6.07) is 8.90. The van der Waals surface area contributed by atoms with Crippen LogP contribution in [-0.4, -0.2) is 62.5 Å².